The van der Waals surface area contributed by atoms with Crippen molar-refractivity contribution in [3.63, 3.8) is 0 Å². The Hall–Kier alpha value is -2.45. The fourth-order valence-corrected chi connectivity index (χ4v) is 4.77. The molecular formula is C19H18N2O4S2. The van der Waals surface area contributed by atoms with Crippen LogP contribution in [0, 0.1) is 10.1 Å². The number of rotatable bonds is 6. The normalized spacial score (nSPS) is 19.1. The van der Waals surface area contributed by atoms with Gasteiger partial charge in [0.05, 0.1) is 12.0 Å². The molecule has 2 aromatic carbocycles. The van der Waals surface area contributed by atoms with Crippen LogP contribution in [0.3, 0.4) is 0 Å². The van der Waals surface area contributed by atoms with Crippen LogP contribution in [0.15, 0.2) is 54.6 Å². The van der Waals surface area contributed by atoms with Gasteiger partial charge in [-0.2, -0.15) is 0 Å². The third kappa shape index (κ3) is 3.81. The van der Waals surface area contributed by atoms with E-state index in [-0.39, 0.29) is 12.1 Å². The van der Waals surface area contributed by atoms with Gasteiger partial charge in [0, 0.05) is 30.3 Å². The Balaban J connectivity index is 2.03. The topological polar surface area (TPSA) is 72.7 Å². The zero-order chi connectivity index (χ0) is 19.4. The molecule has 0 N–H and O–H groups in total. The predicted molar refractivity (Wildman–Crippen MR) is 109 cm³/mol. The summed E-state index contributed by atoms with van der Waals surface area (Å²) in [6, 6.07) is 16.1. The van der Waals surface area contributed by atoms with Gasteiger partial charge < -0.3 is 9.64 Å². The van der Waals surface area contributed by atoms with Crippen LogP contribution in [-0.4, -0.2) is 38.5 Å². The Morgan fingerprint density at radius 2 is 1.93 bits per heavy atom. The first-order chi connectivity index (χ1) is 13.0. The molecule has 0 radical (unpaired) electrons. The summed E-state index contributed by atoms with van der Waals surface area (Å²) in [5.41, 5.74) is 0.385. The van der Waals surface area contributed by atoms with E-state index >= 15 is 0 Å². The van der Waals surface area contributed by atoms with Crippen molar-refractivity contribution in [1.82, 2.24) is 4.90 Å². The fourth-order valence-electron chi connectivity index (χ4n) is 3.22. The van der Waals surface area contributed by atoms with Gasteiger partial charge in [-0.3, -0.25) is 10.1 Å². The van der Waals surface area contributed by atoms with Gasteiger partial charge in [0.15, 0.2) is 5.54 Å². The first-order valence-electron chi connectivity index (χ1n) is 8.27. The number of thiocarbonyl (C=S) groups is 1. The predicted octanol–water partition coefficient (Wildman–Crippen LogP) is 3.58. The van der Waals surface area contributed by atoms with Crippen LogP contribution in [0.4, 0.5) is 5.69 Å². The summed E-state index contributed by atoms with van der Waals surface area (Å²) in [6.07, 6.45) is 0.150. The van der Waals surface area contributed by atoms with Crippen LogP contribution in [-0.2, 0) is 22.5 Å². The molecule has 0 aromatic heterocycles. The van der Waals surface area contributed by atoms with Crippen molar-refractivity contribution in [3.8, 4) is 0 Å². The molecule has 6 nitrogen and oxygen atoms in total. The maximum Gasteiger partial charge on any atom is 0.332 e. The highest BCUT2D eigenvalue weighted by molar-refractivity contribution is 8.23. The Bertz CT molecular complexity index is 875. The number of thioether (sulfide) groups is 1. The zero-order valence-electron chi connectivity index (χ0n) is 14.7. The van der Waals surface area contributed by atoms with Crippen LogP contribution >= 0.6 is 24.0 Å². The van der Waals surface area contributed by atoms with Crippen LogP contribution in [0.25, 0.3) is 0 Å². The molecule has 1 aliphatic rings. The Kier molecular flexibility index (Phi) is 5.76. The van der Waals surface area contributed by atoms with Crippen LogP contribution < -0.4 is 0 Å². The number of esters is 1. The summed E-state index contributed by atoms with van der Waals surface area (Å²) in [7, 11) is 1.33. The molecule has 140 valence electrons. The average Bonchev–Trinajstić information content (AvgIpc) is 2.99. The molecule has 27 heavy (non-hydrogen) atoms. The molecular weight excluding hydrogens is 384 g/mol. The number of benzene rings is 2. The second kappa shape index (κ2) is 8.06. The highest BCUT2D eigenvalue weighted by atomic mass is 32.2. The molecule has 3 rings (SSSR count). The number of hydrogen-bond donors (Lipinski definition) is 0. The third-order valence-corrected chi connectivity index (χ3v) is 6.25. The van der Waals surface area contributed by atoms with E-state index in [0.29, 0.717) is 22.2 Å². The number of nitro benzene ring substituents is 1. The lowest BCUT2D eigenvalue weighted by Gasteiger charge is -2.36. The lowest BCUT2D eigenvalue weighted by Crippen LogP contribution is -2.55. The molecule has 0 spiro atoms. The second-order valence-corrected chi connectivity index (χ2v) is 7.82. The van der Waals surface area contributed by atoms with Crippen molar-refractivity contribution in [2.45, 2.75) is 18.5 Å². The highest BCUT2D eigenvalue weighted by Gasteiger charge is 2.52. The number of methoxy groups -OCH3 is 1. The quantitative estimate of drug-likeness (QED) is 0.316. The minimum absolute atomic E-state index is 0.0109. The van der Waals surface area contributed by atoms with Gasteiger partial charge in [-0.1, -0.05) is 72.5 Å². The van der Waals surface area contributed by atoms with E-state index in [1.807, 2.05) is 35.2 Å². The van der Waals surface area contributed by atoms with Crippen molar-refractivity contribution >= 4 is 40.0 Å². The first kappa shape index (κ1) is 19.3. The maximum atomic E-state index is 12.9. The molecule has 1 fully saturated rings. The lowest BCUT2D eigenvalue weighted by molar-refractivity contribution is -0.385. The molecule has 1 aliphatic heterocycles. The molecule has 1 atom stereocenters. The van der Waals surface area contributed by atoms with Gasteiger partial charge >= 0.3 is 5.97 Å². The number of carbonyl (C=O) groups is 1. The molecule has 1 saturated heterocycles. The highest BCUT2D eigenvalue weighted by Crippen LogP contribution is 2.39. The zero-order valence-corrected chi connectivity index (χ0v) is 16.3. The number of nitro groups is 1. The van der Waals surface area contributed by atoms with Gasteiger partial charge in [-0.15, -0.1) is 0 Å². The van der Waals surface area contributed by atoms with Crippen LogP contribution in [0.5, 0.6) is 0 Å². The summed E-state index contributed by atoms with van der Waals surface area (Å²) >= 11 is 6.90. The fraction of sp³-hybridized carbons (Fsp3) is 0.263. The number of ether oxygens (including phenoxy) is 1. The van der Waals surface area contributed by atoms with E-state index in [2.05, 4.69) is 0 Å². The molecule has 8 heteroatoms. The van der Waals surface area contributed by atoms with Gasteiger partial charge in [0.1, 0.15) is 4.32 Å². The van der Waals surface area contributed by atoms with Gasteiger partial charge in [0.2, 0.25) is 0 Å². The minimum Gasteiger partial charge on any atom is -0.467 e. The number of para-hydroxylation sites is 1. The number of hydrogen-bond acceptors (Lipinski definition) is 6. The van der Waals surface area contributed by atoms with E-state index in [9.17, 15) is 14.9 Å². The van der Waals surface area contributed by atoms with Crippen LogP contribution in [0.2, 0.25) is 0 Å². The smallest absolute Gasteiger partial charge is 0.332 e. The van der Waals surface area contributed by atoms with Crippen LogP contribution in [0.1, 0.15) is 11.1 Å². The van der Waals surface area contributed by atoms with Gasteiger partial charge in [-0.05, 0) is 5.56 Å². The molecule has 1 unspecified atom stereocenters. The monoisotopic (exact) mass is 402 g/mol. The average molecular weight is 402 g/mol. The van der Waals surface area contributed by atoms with Crippen molar-refractivity contribution < 1.29 is 14.5 Å². The van der Waals surface area contributed by atoms with E-state index < -0.39 is 16.4 Å². The van der Waals surface area contributed by atoms with E-state index in [4.69, 9.17) is 17.0 Å². The maximum absolute atomic E-state index is 12.9. The van der Waals surface area contributed by atoms with Crippen molar-refractivity contribution in [2.75, 3.05) is 12.9 Å². The second-order valence-electron chi connectivity index (χ2n) is 6.21. The first-order valence-corrected chi connectivity index (χ1v) is 9.66. The van der Waals surface area contributed by atoms with E-state index in [1.165, 1.54) is 24.9 Å². The largest absolute Gasteiger partial charge is 0.467 e. The summed E-state index contributed by atoms with van der Waals surface area (Å²) in [6.45, 7) is 0.433. The molecule has 0 aliphatic carbocycles. The van der Waals surface area contributed by atoms with Gasteiger partial charge in [0.25, 0.3) is 5.69 Å². The summed E-state index contributed by atoms with van der Waals surface area (Å²) in [4.78, 5) is 25.7. The van der Waals surface area contributed by atoms with Crippen molar-refractivity contribution in [1.29, 1.82) is 0 Å². The standard InChI is InChI=1S/C19H18N2O4S2/c1-25-17(22)19(11-15-9-5-6-10-16(15)21(23)24)13-27-18(26)20(19)12-14-7-3-2-4-8-14/h2-10H,11-13H2,1H3. The Labute approximate surface area is 166 Å². The summed E-state index contributed by atoms with van der Waals surface area (Å²) in [5, 5.41) is 11.4. The van der Waals surface area contributed by atoms with E-state index in [0.717, 1.165) is 5.56 Å². The summed E-state index contributed by atoms with van der Waals surface area (Å²) < 4.78 is 5.69. The van der Waals surface area contributed by atoms with E-state index in [1.54, 1.807) is 18.2 Å². The van der Waals surface area contributed by atoms with Crippen molar-refractivity contribution in [2.24, 2.45) is 0 Å². The third-order valence-electron chi connectivity index (χ3n) is 4.59. The molecule has 2 aromatic rings. The van der Waals surface area contributed by atoms with Gasteiger partial charge in [-0.25, -0.2) is 4.79 Å². The molecule has 0 saturated carbocycles. The molecule has 0 bridgehead atoms. The lowest BCUT2D eigenvalue weighted by atomic mass is 9.89. The SMILES string of the molecule is COC(=O)C1(Cc2ccccc2[N+](=O)[O-])CSC(=S)N1Cc1ccccc1. The molecule has 0 amide bonds. The Morgan fingerprint density at radius 1 is 1.26 bits per heavy atom. The number of carbonyl (C=O) groups excluding carboxylic acids is 1. The number of nitrogens with zero attached hydrogens (tertiary/aromatic N) is 2. The minimum atomic E-state index is -1.08. The summed E-state index contributed by atoms with van der Waals surface area (Å²) in [5.74, 6) is -0.0545. The molecule has 1 heterocycles. The van der Waals surface area contributed by atoms with Crippen molar-refractivity contribution in [3.05, 3.63) is 75.8 Å². The Morgan fingerprint density at radius 3 is 2.59 bits per heavy atom.